The van der Waals surface area contributed by atoms with Crippen LogP contribution in [0.4, 0.5) is 4.39 Å². The van der Waals surface area contributed by atoms with Gasteiger partial charge < -0.3 is 0 Å². The van der Waals surface area contributed by atoms with Gasteiger partial charge in [0.1, 0.15) is 5.67 Å². The Morgan fingerprint density at radius 2 is 1.88 bits per heavy atom. The van der Waals surface area contributed by atoms with Gasteiger partial charge in [0.2, 0.25) is 0 Å². The molecule has 0 saturated carbocycles. The van der Waals surface area contributed by atoms with Crippen molar-refractivity contribution in [3.8, 4) is 0 Å². The SMILES string of the molecule is CCC[C@](C)(F)CC. The highest BCUT2D eigenvalue weighted by molar-refractivity contribution is 4.68. The lowest BCUT2D eigenvalue weighted by Gasteiger charge is -2.15. The Labute approximate surface area is 51.1 Å². The molecule has 0 unspecified atom stereocenters. The first-order chi connectivity index (χ1) is 3.62. The molecule has 0 saturated heterocycles. The van der Waals surface area contributed by atoms with Gasteiger partial charge in [-0.25, -0.2) is 4.39 Å². The number of rotatable bonds is 3. The molecular weight excluding hydrogens is 103 g/mol. The summed E-state index contributed by atoms with van der Waals surface area (Å²) in [7, 11) is 0. The largest absolute Gasteiger partial charge is 0.244 e. The lowest BCUT2D eigenvalue weighted by molar-refractivity contribution is 0.167. The molecule has 0 nitrogen and oxygen atoms in total. The summed E-state index contributed by atoms with van der Waals surface area (Å²) in [6.45, 7) is 5.56. The van der Waals surface area contributed by atoms with Gasteiger partial charge in [0, 0.05) is 0 Å². The Balaban J connectivity index is 3.37. The predicted octanol–water partition coefficient (Wildman–Crippen LogP) is 2.92. The van der Waals surface area contributed by atoms with Crippen LogP contribution in [0, 0.1) is 0 Å². The van der Waals surface area contributed by atoms with Gasteiger partial charge in [0.15, 0.2) is 0 Å². The zero-order chi connectivity index (χ0) is 6.62. The second-order valence-electron chi connectivity index (χ2n) is 2.52. The van der Waals surface area contributed by atoms with E-state index in [1.54, 1.807) is 6.92 Å². The van der Waals surface area contributed by atoms with E-state index < -0.39 is 5.67 Å². The number of hydrogen-bond acceptors (Lipinski definition) is 0. The molecule has 0 fully saturated rings. The fourth-order valence-corrected chi connectivity index (χ4v) is 0.698. The van der Waals surface area contributed by atoms with Crippen molar-refractivity contribution in [3.63, 3.8) is 0 Å². The maximum atomic E-state index is 12.8. The van der Waals surface area contributed by atoms with E-state index in [2.05, 4.69) is 0 Å². The highest BCUT2D eigenvalue weighted by atomic mass is 19.1. The molecule has 1 heteroatoms. The lowest BCUT2D eigenvalue weighted by Crippen LogP contribution is -2.14. The fraction of sp³-hybridized carbons (Fsp3) is 1.00. The Morgan fingerprint density at radius 1 is 1.38 bits per heavy atom. The standard InChI is InChI=1S/C7H15F/c1-4-6-7(3,8)5-2/h4-6H2,1-3H3/t7-/m1/s1. The van der Waals surface area contributed by atoms with Gasteiger partial charge in [-0.2, -0.15) is 0 Å². The van der Waals surface area contributed by atoms with Crippen molar-refractivity contribution < 1.29 is 4.39 Å². The molecule has 0 aliphatic heterocycles. The van der Waals surface area contributed by atoms with Crippen LogP contribution < -0.4 is 0 Å². The van der Waals surface area contributed by atoms with E-state index in [-0.39, 0.29) is 0 Å². The highest BCUT2D eigenvalue weighted by Gasteiger charge is 2.17. The first-order valence-corrected chi connectivity index (χ1v) is 3.31. The van der Waals surface area contributed by atoms with E-state index in [4.69, 9.17) is 0 Å². The van der Waals surface area contributed by atoms with Crippen LogP contribution in [0.5, 0.6) is 0 Å². The van der Waals surface area contributed by atoms with E-state index in [1.165, 1.54) is 0 Å². The molecule has 8 heavy (non-hydrogen) atoms. The number of hydrogen-bond donors (Lipinski definition) is 0. The van der Waals surface area contributed by atoms with Crippen LogP contribution in [0.3, 0.4) is 0 Å². The van der Waals surface area contributed by atoms with Gasteiger partial charge in [-0.3, -0.25) is 0 Å². The van der Waals surface area contributed by atoms with E-state index >= 15 is 0 Å². The van der Waals surface area contributed by atoms with Crippen molar-refractivity contribution in [2.75, 3.05) is 0 Å². The van der Waals surface area contributed by atoms with Gasteiger partial charge in [-0.15, -0.1) is 0 Å². The van der Waals surface area contributed by atoms with E-state index in [9.17, 15) is 4.39 Å². The Hall–Kier alpha value is -0.0700. The second-order valence-corrected chi connectivity index (χ2v) is 2.52. The predicted molar refractivity (Wildman–Crippen MR) is 34.7 cm³/mol. The maximum absolute atomic E-state index is 12.8. The zero-order valence-corrected chi connectivity index (χ0v) is 6.00. The summed E-state index contributed by atoms with van der Waals surface area (Å²) >= 11 is 0. The number of halogens is 1. The molecule has 0 aromatic rings. The average Bonchev–Trinajstić information content (AvgIpc) is 1.67. The van der Waals surface area contributed by atoms with Crippen molar-refractivity contribution in [2.24, 2.45) is 0 Å². The molecule has 1 atom stereocenters. The summed E-state index contributed by atoms with van der Waals surface area (Å²) < 4.78 is 12.8. The molecule has 0 radical (unpaired) electrons. The van der Waals surface area contributed by atoms with Crippen molar-refractivity contribution in [1.29, 1.82) is 0 Å². The molecule has 0 bridgehead atoms. The summed E-state index contributed by atoms with van der Waals surface area (Å²) in [6, 6.07) is 0. The molecule has 0 heterocycles. The molecule has 0 amide bonds. The topological polar surface area (TPSA) is 0 Å². The van der Waals surface area contributed by atoms with Crippen molar-refractivity contribution in [1.82, 2.24) is 0 Å². The van der Waals surface area contributed by atoms with Crippen LogP contribution in [0.25, 0.3) is 0 Å². The van der Waals surface area contributed by atoms with E-state index in [0.717, 1.165) is 6.42 Å². The molecule has 0 aromatic carbocycles. The quantitative estimate of drug-likeness (QED) is 0.534. The van der Waals surface area contributed by atoms with Crippen LogP contribution in [-0.2, 0) is 0 Å². The second kappa shape index (κ2) is 3.06. The fourth-order valence-electron chi connectivity index (χ4n) is 0.698. The van der Waals surface area contributed by atoms with Crippen LogP contribution >= 0.6 is 0 Å². The summed E-state index contributed by atoms with van der Waals surface area (Å²) in [5, 5.41) is 0. The van der Waals surface area contributed by atoms with Gasteiger partial charge in [-0.05, 0) is 19.8 Å². The van der Waals surface area contributed by atoms with Crippen molar-refractivity contribution >= 4 is 0 Å². The Bertz CT molecular complexity index is 57.4. The molecule has 50 valence electrons. The van der Waals surface area contributed by atoms with E-state index in [0.29, 0.717) is 12.8 Å². The smallest absolute Gasteiger partial charge is 0.108 e. The van der Waals surface area contributed by atoms with Gasteiger partial charge >= 0.3 is 0 Å². The van der Waals surface area contributed by atoms with Crippen LogP contribution in [0.1, 0.15) is 40.0 Å². The zero-order valence-electron chi connectivity index (χ0n) is 6.00. The first kappa shape index (κ1) is 7.93. The molecule has 0 spiro atoms. The molecular formula is C7H15F. The lowest BCUT2D eigenvalue weighted by atomic mass is 10.0. The van der Waals surface area contributed by atoms with E-state index in [1.807, 2.05) is 13.8 Å². The monoisotopic (exact) mass is 118 g/mol. The maximum Gasteiger partial charge on any atom is 0.108 e. The van der Waals surface area contributed by atoms with Crippen LogP contribution in [-0.4, -0.2) is 5.67 Å². The normalized spacial score (nSPS) is 18.0. The summed E-state index contributed by atoms with van der Waals surface area (Å²) in [6.07, 6.45) is 2.28. The van der Waals surface area contributed by atoms with Crippen LogP contribution in [0.2, 0.25) is 0 Å². The third-order valence-corrected chi connectivity index (χ3v) is 1.51. The summed E-state index contributed by atoms with van der Waals surface area (Å²) in [5.74, 6) is 0. The summed E-state index contributed by atoms with van der Waals surface area (Å²) in [5.41, 5.74) is -0.908. The average molecular weight is 118 g/mol. The van der Waals surface area contributed by atoms with Gasteiger partial charge in [0.05, 0.1) is 0 Å². The first-order valence-electron chi connectivity index (χ1n) is 3.31. The molecule has 0 rings (SSSR count). The van der Waals surface area contributed by atoms with Crippen LogP contribution in [0.15, 0.2) is 0 Å². The molecule has 0 aliphatic carbocycles. The third kappa shape index (κ3) is 3.00. The highest BCUT2D eigenvalue weighted by Crippen LogP contribution is 2.20. The minimum absolute atomic E-state index is 0.640. The Kier molecular flexibility index (Phi) is 3.03. The minimum Gasteiger partial charge on any atom is -0.244 e. The van der Waals surface area contributed by atoms with Crippen molar-refractivity contribution in [3.05, 3.63) is 0 Å². The molecule has 0 N–H and O–H groups in total. The Morgan fingerprint density at radius 3 is 2.00 bits per heavy atom. The molecule has 0 aliphatic rings. The minimum atomic E-state index is -0.908. The van der Waals surface area contributed by atoms with Crippen molar-refractivity contribution in [2.45, 2.75) is 45.7 Å². The number of alkyl halides is 1. The third-order valence-electron chi connectivity index (χ3n) is 1.51. The summed E-state index contributed by atoms with van der Waals surface area (Å²) in [4.78, 5) is 0. The molecule has 0 aromatic heterocycles. The van der Waals surface area contributed by atoms with Gasteiger partial charge in [0.25, 0.3) is 0 Å². The van der Waals surface area contributed by atoms with Gasteiger partial charge in [-0.1, -0.05) is 20.3 Å².